The summed E-state index contributed by atoms with van der Waals surface area (Å²) in [5.41, 5.74) is 2.52. The van der Waals surface area contributed by atoms with Crippen LogP contribution < -0.4 is 0 Å². The van der Waals surface area contributed by atoms with Crippen molar-refractivity contribution in [3.05, 3.63) is 125 Å². The summed E-state index contributed by atoms with van der Waals surface area (Å²) in [6, 6.07) is 24.2. The first-order valence-electron chi connectivity index (χ1n) is 14.9. The van der Waals surface area contributed by atoms with Crippen LogP contribution in [0.25, 0.3) is 0 Å². The van der Waals surface area contributed by atoms with Crippen molar-refractivity contribution in [1.82, 2.24) is 19.4 Å². The smallest absolute Gasteiger partial charge is 0.229 e. The predicted octanol–water partition coefficient (Wildman–Crippen LogP) is 6.27. The zero-order valence-corrected chi connectivity index (χ0v) is 25.3. The van der Waals surface area contributed by atoms with Gasteiger partial charge in [-0.15, -0.1) is 0 Å². The highest BCUT2D eigenvalue weighted by atomic mass is 35.5. The molecule has 0 spiro atoms. The molecule has 0 unspecified atom stereocenters. The molecule has 5 rings (SSSR count). The van der Waals surface area contributed by atoms with Crippen molar-refractivity contribution >= 4 is 23.4 Å². The number of carbonyl (C=O) groups is 2. The molecule has 0 saturated carbocycles. The van der Waals surface area contributed by atoms with Gasteiger partial charge in [-0.2, -0.15) is 0 Å². The fraction of sp³-hybridized carbons (Fsp3) is 0.343. The molecule has 1 aromatic heterocycles. The van der Waals surface area contributed by atoms with Gasteiger partial charge in [0.05, 0.1) is 12.0 Å². The number of imidazole rings is 1. The fourth-order valence-electron chi connectivity index (χ4n) is 5.92. The Bertz CT molecular complexity index is 1500. The van der Waals surface area contributed by atoms with Gasteiger partial charge in [0.25, 0.3) is 0 Å². The largest absolute Gasteiger partial charge is 0.343 e. The Kier molecular flexibility index (Phi) is 9.93. The van der Waals surface area contributed by atoms with Crippen LogP contribution in [0, 0.1) is 11.2 Å². The number of halogens is 2. The van der Waals surface area contributed by atoms with Gasteiger partial charge in [-0.1, -0.05) is 66.2 Å². The molecule has 8 heteroatoms. The van der Waals surface area contributed by atoms with Crippen LogP contribution in [-0.2, 0) is 42.4 Å². The van der Waals surface area contributed by atoms with Gasteiger partial charge in [-0.25, -0.2) is 9.37 Å². The van der Waals surface area contributed by atoms with E-state index in [1.807, 2.05) is 70.1 Å². The highest BCUT2D eigenvalue weighted by molar-refractivity contribution is 6.30. The number of nitrogens with zero attached hydrogens (tertiary/aromatic N) is 4. The van der Waals surface area contributed by atoms with Crippen molar-refractivity contribution in [1.29, 1.82) is 0 Å². The number of piperidine rings is 1. The molecular formula is C35H38ClFN4O2. The standard InChI is InChI=1S/C35H38ClFN4O2/c1-39-24-20-38-32(39)26-41(21-17-28-7-12-30(36)13-8-28)34(43)35(25-29-5-3-2-4-6-29)18-22-40(23-19-35)33(42)16-11-27-9-14-31(37)15-10-27/h2-10,12-15,20,24H,11,16-19,21-23,25-26H2,1H3. The minimum absolute atomic E-state index is 0.0673. The van der Waals surface area contributed by atoms with Crippen molar-refractivity contribution in [2.45, 2.75) is 45.1 Å². The molecule has 43 heavy (non-hydrogen) atoms. The molecule has 2 amide bonds. The number of carbonyl (C=O) groups excluding carboxylic acids is 2. The molecule has 0 bridgehead atoms. The van der Waals surface area contributed by atoms with E-state index in [9.17, 15) is 14.0 Å². The van der Waals surface area contributed by atoms with Gasteiger partial charge in [0.15, 0.2) is 0 Å². The zero-order valence-electron chi connectivity index (χ0n) is 24.6. The number of benzene rings is 3. The average Bonchev–Trinajstić information content (AvgIpc) is 3.44. The van der Waals surface area contributed by atoms with Crippen LogP contribution in [0.1, 0.15) is 41.8 Å². The molecule has 4 aromatic rings. The first kappa shape index (κ1) is 30.5. The van der Waals surface area contributed by atoms with Crippen LogP contribution in [0.4, 0.5) is 4.39 Å². The minimum atomic E-state index is -0.639. The molecule has 1 aliphatic heterocycles. The van der Waals surface area contributed by atoms with Crippen LogP contribution in [-0.4, -0.2) is 50.8 Å². The topological polar surface area (TPSA) is 58.4 Å². The van der Waals surface area contributed by atoms with Crippen LogP contribution in [0.15, 0.2) is 91.3 Å². The molecule has 3 aromatic carbocycles. The lowest BCUT2D eigenvalue weighted by Gasteiger charge is -2.43. The number of hydrogen-bond acceptors (Lipinski definition) is 3. The van der Waals surface area contributed by atoms with Gasteiger partial charge in [-0.05, 0) is 73.1 Å². The second kappa shape index (κ2) is 14.0. The van der Waals surface area contributed by atoms with E-state index in [0.29, 0.717) is 69.7 Å². The van der Waals surface area contributed by atoms with E-state index in [2.05, 4.69) is 17.1 Å². The lowest BCUT2D eigenvalue weighted by molar-refractivity contribution is -0.149. The number of rotatable bonds is 11. The summed E-state index contributed by atoms with van der Waals surface area (Å²) >= 11 is 6.11. The molecule has 6 nitrogen and oxygen atoms in total. The Labute approximate surface area is 258 Å². The molecule has 0 radical (unpaired) electrons. The van der Waals surface area contributed by atoms with E-state index in [1.165, 1.54) is 12.1 Å². The molecule has 0 aliphatic carbocycles. The number of likely N-dealkylation sites (tertiary alicyclic amines) is 1. The van der Waals surface area contributed by atoms with Gasteiger partial charge < -0.3 is 14.4 Å². The van der Waals surface area contributed by atoms with Crippen molar-refractivity contribution in [2.24, 2.45) is 12.5 Å². The third-order valence-electron chi connectivity index (χ3n) is 8.58. The van der Waals surface area contributed by atoms with E-state index < -0.39 is 5.41 Å². The second-order valence-corrected chi connectivity index (χ2v) is 11.9. The van der Waals surface area contributed by atoms with Gasteiger partial charge in [0.1, 0.15) is 11.6 Å². The summed E-state index contributed by atoms with van der Waals surface area (Å²) < 4.78 is 15.2. The maximum absolute atomic E-state index is 14.7. The Hall–Kier alpha value is -3.97. The van der Waals surface area contributed by atoms with Crippen LogP contribution in [0.2, 0.25) is 5.02 Å². The number of hydrogen-bond donors (Lipinski definition) is 0. The molecule has 0 N–H and O–H groups in total. The van der Waals surface area contributed by atoms with Gasteiger partial charge in [0.2, 0.25) is 11.8 Å². The van der Waals surface area contributed by atoms with E-state index in [1.54, 1.807) is 18.3 Å². The van der Waals surface area contributed by atoms with Gasteiger partial charge in [-0.3, -0.25) is 9.59 Å². The second-order valence-electron chi connectivity index (χ2n) is 11.5. The summed E-state index contributed by atoms with van der Waals surface area (Å²) in [4.78, 5) is 36.2. The normalized spacial score (nSPS) is 14.4. The van der Waals surface area contributed by atoms with Crippen LogP contribution in [0.3, 0.4) is 0 Å². The van der Waals surface area contributed by atoms with Crippen LogP contribution >= 0.6 is 11.6 Å². The molecule has 1 fully saturated rings. The highest BCUT2D eigenvalue weighted by Crippen LogP contribution is 2.38. The third kappa shape index (κ3) is 7.90. The summed E-state index contributed by atoms with van der Waals surface area (Å²) in [5.74, 6) is 0.716. The monoisotopic (exact) mass is 600 g/mol. The zero-order chi connectivity index (χ0) is 30.2. The maximum Gasteiger partial charge on any atom is 0.229 e. The molecule has 0 atom stereocenters. The number of aromatic nitrogens is 2. The van der Waals surface area contributed by atoms with E-state index in [0.717, 1.165) is 22.5 Å². The van der Waals surface area contributed by atoms with E-state index >= 15 is 0 Å². The third-order valence-corrected chi connectivity index (χ3v) is 8.83. The SMILES string of the molecule is Cn1ccnc1CN(CCc1ccc(Cl)cc1)C(=O)C1(Cc2ccccc2)CCN(C(=O)CCc2ccc(F)cc2)CC1. The minimum Gasteiger partial charge on any atom is -0.343 e. The predicted molar refractivity (Wildman–Crippen MR) is 167 cm³/mol. The maximum atomic E-state index is 14.7. The van der Waals surface area contributed by atoms with E-state index in [-0.39, 0.29) is 17.6 Å². The molecular weight excluding hydrogens is 563 g/mol. The molecule has 1 aliphatic rings. The van der Waals surface area contributed by atoms with Gasteiger partial charge >= 0.3 is 0 Å². The summed E-state index contributed by atoms with van der Waals surface area (Å²) in [6.45, 7) is 2.00. The van der Waals surface area contributed by atoms with Crippen molar-refractivity contribution in [3.63, 3.8) is 0 Å². The molecule has 1 saturated heterocycles. The Morgan fingerprint density at radius 2 is 1.56 bits per heavy atom. The Morgan fingerprint density at radius 3 is 2.21 bits per heavy atom. The highest BCUT2D eigenvalue weighted by Gasteiger charge is 2.44. The molecule has 2 heterocycles. The first-order chi connectivity index (χ1) is 20.8. The first-order valence-corrected chi connectivity index (χ1v) is 15.3. The lowest BCUT2D eigenvalue weighted by atomic mass is 9.72. The van der Waals surface area contributed by atoms with Crippen molar-refractivity contribution in [3.8, 4) is 0 Å². The quantitative estimate of drug-likeness (QED) is 0.204. The summed E-state index contributed by atoms with van der Waals surface area (Å²) in [7, 11) is 1.94. The summed E-state index contributed by atoms with van der Waals surface area (Å²) in [5, 5.41) is 0.686. The van der Waals surface area contributed by atoms with E-state index in [4.69, 9.17) is 11.6 Å². The van der Waals surface area contributed by atoms with Crippen LogP contribution in [0.5, 0.6) is 0 Å². The Morgan fingerprint density at radius 1 is 0.907 bits per heavy atom. The van der Waals surface area contributed by atoms with Crippen molar-refractivity contribution < 1.29 is 14.0 Å². The lowest BCUT2D eigenvalue weighted by Crippen LogP contribution is -2.52. The Balaban J connectivity index is 1.34. The average molecular weight is 601 g/mol. The fourth-order valence-corrected chi connectivity index (χ4v) is 6.05. The van der Waals surface area contributed by atoms with Gasteiger partial charge in [0, 0.05) is 50.5 Å². The summed E-state index contributed by atoms with van der Waals surface area (Å²) in [6.07, 6.45) is 7.05. The molecule has 224 valence electrons. The van der Waals surface area contributed by atoms with Crippen molar-refractivity contribution in [2.75, 3.05) is 19.6 Å². The number of amides is 2. The number of aryl methyl sites for hydroxylation is 2.